The topological polar surface area (TPSA) is 78.4 Å². The lowest BCUT2D eigenvalue weighted by Crippen LogP contribution is -2.52. The van der Waals surface area contributed by atoms with E-state index in [1.165, 1.54) is 6.42 Å². The van der Waals surface area contributed by atoms with E-state index < -0.39 is 12.0 Å². The molecule has 1 saturated carbocycles. The molecule has 3 N–H and O–H groups in total. The van der Waals surface area contributed by atoms with Gasteiger partial charge < -0.3 is 15.7 Å². The highest BCUT2D eigenvalue weighted by Crippen LogP contribution is 2.29. The summed E-state index contributed by atoms with van der Waals surface area (Å²) in [5.41, 5.74) is 0. The van der Waals surface area contributed by atoms with Gasteiger partial charge in [-0.25, -0.2) is 9.59 Å². The second-order valence-corrected chi connectivity index (χ2v) is 6.51. The van der Waals surface area contributed by atoms with Gasteiger partial charge in [0.2, 0.25) is 0 Å². The number of aliphatic carboxylic acids is 1. The minimum absolute atomic E-state index is 0.146. The third-order valence-electron chi connectivity index (χ3n) is 4.33. The van der Waals surface area contributed by atoms with Gasteiger partial charge in [-0.1, -0.05) is 40.5 Å². The molecular formula is C15H28N2O3. The quantitative estimate of drug-likeness (QED) is 0.726. The second kappa shape index (κ2) is 7.50. The van der Waals surface area contributed by atoms with E-state index in [0.29, 0.717) is 18.3 Å². The monoisotopic (exact) mass is 284 g/mol. The van der Waals surface area contributed by atoms with Crippen molar-refractivity contribution in [3.05, 3.63) is 0 Å². The van der Waals surface area contributed by atoms with Crippen LogP contribution >= 0.6 is 0 Å². The minimum Gasteiger partial charge on any atom is -0.480 e. The van der Waals surface area contributed by atoms with Crippen LogP contribution < -0.4 is 10.6 Å². The molecule has 1 fully saturated rings. The van der Waals surface area contributed by atoms with Gasteiger partial charge >= 0.3 is 12.0 Å². The van der Waals surface area contributed by atoms with E-state index in [2.05, 4.69) is 24.5 Å². The predicted octanol–water partition coefficient (Wildman–Crippen LogP) is 2.61. The average molecular weight is 284 g/mol. The number of carbonyl (C=O) groups excluding carboxylic acids is 1. The molecule has 20 heavy (non-hydrogen) atoms. The summed E-state index contributed by atoms with van der Waals surface area (Å²) in [5.74, 6) is 0.284. The molecule has 0 saturated heterocycles. The third kappa shape index (κ3) is 5.02. The van der Waals surface area contributed by atoms with Crippen LogP contribution in [0.15, 0.2) is 0 Å². The highest BCUT2D eigenvalue weighted by molar-refractivity contribution is 5.82. The smallest absolute Gasteiger partial charge is 0.326 e. The first kappa shape index (κ1) is 16.8. The van der Waals surface area contributed by atoms with Crippen LogP contribution in [-0.4, -0.2) is 29.2 Å². The molecule has 0 aromatic rings. The number of hydrogen-bond acceptors (Lipinski definition) is 2. The van der Waals surface area contributed by atoms with Crippen molar-refractivity contribution in [2.45, 2.75) is 65.5 Å². The number of nitrogens with one attached hydrogen (secondary N) is 2. The zero-order valence-electron chi connectivity index (χ0n) is 13.0. The molecule has 0 aromatic carbocycles. The van der Waals surface area contributed by atoms with Crippen LogP contribution in [-0.2, 0) is 4.79 Å². The third-order valence-corrected chi connectivity index (χ3v) is 4.33. The number of carbonyl (C=O) groups is 2. The first-order valence-corrected chi connectivity index (χ1v) is 7.61. The van der Waals surface area contributed by atoms with Crippen molar-refractivity contribution < 1.29 is 14.7 Å². The van der Waals surface area contributed by atoms with Gasteiger partial charge in [0.05, 0.1) is 0 Å². The largest absolute Gasteiger partial charge is 0.480 e. The normalized spacial score (nSPS) is 27.9. The van der Waals surface area contributed by atoms with E-state index in [4.69, 9.17) is 5.11 Å². The molecule has 0 aromatic heterocycles. The number of amides is 2. The fraction of sp³-hybridized carbons (Fsp3) is 0.867. The zero-order chi connectivity index (χ0) is 15.3. The zero-order valence-corrected chi connectivity index (χ0v) is 13.0. The lowest BCUT2D eigenvalue weighted by molar-refractivity contribution is -0.139. The summed E-state index contributed by atoms with van der Waals surface area (Å²) >= 11 is 0. The Bertz CT molecular complexity index is 344. The van der Waals surface area contributed by atoms with Crippen molar-refractivity contribution in [3.8, 4) is 0 Å². The van der Waals surface area contributed by atoms with Crippen molar-refractivity contribution in [3.63, 3.8) is 0 Å². The van der Waals surface area contributed by atoms with Gasteiger partial charge in [0.25, 0.3) is 0 Å². The van der Waals surface area contributed by atoms with Crippen molar-refractivity contribution >= 4 is 12.0 Å². The molecule has 0 aliphatic heterocycles. The van der Waals surface area contributed by atoms with Crippen molar-refractivity contribution in [1.82, 2.24) is 10.6 Å². The fourth-order valence-electron chi connectivity index (χ4n) is 2.85. The lowest BCUT2D eigenvalue weighted by atomic mass is 9.78. The van der Waals surface area contributed by atoms with E-state index in [0.717, 1.165) is 12.8 Å². The van der Waals surface area contributed by atoms with Crippen molar-refractivity contribution in [2.24, 2.45) is 17.8 Å². The molecule has 5 heteroatoms. The summed E-state index contributed by atoms with van der Waals surface area (Å²) in [7, 11) is 0. The van der Waals surface area contributed by atoms with Gasteiger partial charge in [0, 0.05) is 6.04 Å². The molecule has 0 bridgehead atoms. The molecule has 2 amide bonds. The van der Waals surface area contributed by atoms with Crippen LogP contribution in [0.2, 0.25) is 0 Å². The van der Waals surface area contributed by atoms with Crippen LogP contribution in [0.4, 0.5) is 4.79 Å². The highest BCUT2D eigenvalue weighted by atomic mass is 16.4. The number of carboxylic acids is 1. The molecule has 1 aliphatic carbocycles. The molecule has 5 nitrogen and oxygen atoms in total. The minimum atomic E-state index is -0.973. The average Bonchev–Trinajstić information content (AvgIpc) is 2.33. The molecule has 116 valence electrons. The number of rotatable bonds is 5. The molecule has 4 atom stereocenters. The van der Waals surface area contributed by atoms with E-state index in [-0.39, 0.29) is 18.0 Å². The fourth-order valence-corrected chi connectivity index (χ4v) is 2.85. The Morgan fingerprint density at radius 2 is 1.90 bits per heavy atom. The van der Waals surface area contributed by atoms with Crippen LogP contribution in [0.3, 0.4) is 0 Å². The molecule has 0 radical (unpaired) electrons. The van der Waals surface area contributed by atoms with Crippen LogP contribution in [0.5, 0.6) is 0 Å². The van der Waals surface area contributed by atoms with Crippen LogP contribution in [0, 0.1) is 17.8 Å². The Hall–Kier alpha value is -1.26. The standard InChI is InChI=1S/C15H28N2O3/c1-9(2)8-13(14(18)19)17-15(20)16-12-7-5-6-10(3)11(12)4/h9-13H,5-8H2,1-4H3,(H,18,19)(H2,16,17,20). The van der Waals surface area contributed by atoms with E-state index in [1.807, 2.05) is 13.8 Å². The van der Waals surface area contributed by atoms with Gasteiger partial charge in [0.15, 0.2) is 0 Å². The van der Waals surface area contributed by atoms with Crippen LogP contribution in [0.1, 0.15) is 53.4 Å². The highest BCUT2D eigenvalue weighted by Gasteiger charge is 2.29. The maximum Gasteiger partial charge on any atom is 0.326 e. The van der Waals surface area contributed by atoms with Gasteiger partial charge in [-0.2, -0.15) is 0 Å². The van der Waals surface area contributed by atoms with Crippen LogP contribution in [0.25, 0.3) is 0 Å². The predicted molar refractivity (Wildman–Crippen MR) is 78.5 cm³/mol. The van der Waals surface area contributed by atoms with Gasteiger partial charge in [-0.15, -0.1) is 0 Å². The summed E-state index contributed by atoms with van der Waals surface area (Å²) < 4.78 is 0. The summed E-state index contributed by atoms with van der Waals surface area (Å²) in [5, 5.41) is 14.7. The Balaban J connectivity index is 2.50. The van der Waals surface area contributed by atoms with E-state index in [9.17, 15) is 9.59 Å². The Kier molecular flexibility index (Phi) is 6.30. The number of carboxylic acid groups (broad SMARTS) is 1. The maximum absolute atomic E-state index is 12.0. The van der Waals surface area contributed by atoms with Gasteiger partial charge in [-0.3, -0.25) is 0 Å². The molecule has 0 heterocycles. The first-order chi connectivity index (χ1) is 9.31. The summed E-state index contributed by atoms with van der Waals surface area (Å²) in [6, 6.07) is -1.03. The molecule has 4 unspecified atom stereocenters. The number of hydrogen-bond donors (Lipinski definition) is 3. The molecule has 1 rings (SSSR count). The molecular weight excluding hydrogens is 256 g/mol. The van der Waals surface area contributed by atoms with E-state index >= 15 is 0 Å². The summed E-state index contributed by atoms with van der Waals surface area (Å²) in [6.45, 7) is 8.24. The Morgan fingerprint density at radius 3 is 2.45 bits per heavy atom. The SMILES string of the molecule is CC(C)CC(NC(=O)NC1CCCC(C)C1C)C(=O)O. The van der Waals surface area contributed by atoms with E-state index in [1.54, 1.807) is 0 Å². The summed E-state index contributed by atoms with van der Waals surface area (Å²) in [6.07, 6.45) is 3.73. The Labute approximate surface area is 121 Å². The molecule has 0 spiro atoms. The van der Waals surface area contributed by atoms with Crippen molar-refractivity contribution in [1.29, 1.82) is 0 Å². The van der Waals surface area contributed by atoms with Gasteiger partial charge in [0.1, 0.15) is 6.04 Å². The Morgan fingerprint density at radius 1 is 1.25 bits per heavy atom. The summed E-state index contributed by atoms with van der Waals surface area (Å²) in [4.78, 5) is 23.1. The van der Waals surface area contributed by atoms with Crippen molar-refractivity contribution in [2.75, 3.05) is 0 Å². The second-order valence-electron chi connectivity index (χ2n) is 6.51. The number of urea groups is 1. The molecule has 1 aliphatic rings. The van der Waals surface area contributed by atoms with Gasteiger partial charge in [-0.05, 0) is 30.6 Å². The lowest BCUT2D eigenvalue weighted by Gasteiger charge is -2.34. The maximum atomic E-state index is 12.0. The first-order valence-electron chi connectivity index (χ1n) is 7.61.